The number of alkyl halides is 3. The van der Waals surface area contributed by atoms with Crippen molar-refractivity contribution in [1.29, 1.82) is 0 Å². The highest BCUT2D eigenvalue weighted by Gasteiger charge is 2.36. The lowest BCUT2D eigenvalue weighted by Gasteiger charge is -2.37. The Morgan fingerprint density at radius 2 is 1.68 bits per heavy atom. The summed E-state index contributed by atoms with van der Waals surface area (Å²) in [5.74, 6) is -0.450. The number of nitrogens with one attached hydrogen (secondary N) is 1. The van der Waals surface area contributed by atoms with Crippen LogP contribution in [0.15, 0.2) is 60.9 Å². The number of piperazine rings is 1. The summed E-state index contributed by atoms with van der Waals surface area (Å²) in [6.07, 6.45) is -1.40. The number of amides is 2. The number of nitrogens with zero attached hydrogens (tertiary/aromatic N) is 4. The SMILES string of the molecule is CCC(=O)N1CCN(c2ccc(Nc3c(C(N)=O)cnc4ccc(-c5ccc(N)nc5)cc34)cc2C(F)(F)F)CC1. The number of anilines is 4. The van der Waals surface area contributed by atoms with Gasteiger partial charge in [-0.15, -0.1) is 0 Å². The highest BCUT2D eigenvalue weighted by molar-refractivity contribution is 6.08. The number of carbonyl (C=O) groups excluding carboxylic acids is 2. The maximum absolute atomic E-state index is 14.3. The topological polar surface area (TPSA) is 130 Å². The Hall–Kier alpha value is -4.87. The first kappa shape index (κ1) is 27.7. The van der Waals surface area contributed by atoms with Gasteiger partial charge in [-0.1, -0.05) is 13.0 Å². The molecule has 0 unspecified atom stereocenters. The molecule has 0 aliphatic carbocycles. The minimum absolute atomic E-state index is 0.0223. The molecular formula is C29H28F3N7O2. The Morgan fingerprint density at radius 1 is 0.951 bits per heavy atom. The first-order valence-electron chi connectivity index (χ1n) is 13.0. The maximum Gasteiger partial charge on any atom is 0.418 e. The fourth-order valence-electron chi connectivity index (χ4n) is 4.95. The number of nitrogen functional groups attached to an aromatic ring is 1. The third-order valence-electron chi connectivity index (χ3n) is 7.10. The van der Waals surface area contributed by atoms with Gasteiger partial charge in [0.15, 0.2) is 0 Å². The molecule has 2 amide bonds. The monoisotopic (exact) mass is 563 g/mol. The van der Waals surface area contributed by atoms with Crippen LogP contribution in [-0.4, -0.2) is 52.9 Å². The molecule has 2 aromatic carbocycles. The Kier molecular flexibility index (Phi) is 7.40. The van der Waals surface area contributed by atoms with Gasteiger partial charge >= 0.3 is 6.18 Å². The van der Waals surface area contributed by atoms with E-state index in [1.807, 2.05) is 6.07 Å². The summed E-state index contributed by atoms with van der Waals surface area (Å²) in [6, 6.07) is 12.7. The van der Waals surface area contributed by atoms with E-state index in [1.165, 1.54) is 18.3 Å². The second kappa shape index (κ2) is 11.0. The molecule has 1 aliphatic heterocycles. The second-order valence-corrected chi connectivity index (χ2v) is 9.69. The summed E-state index contributed by atoms with van der Waals surface area (Å²) in [5, 5.41) is 3.50. The number of hydrogen-bond donors (Lipinski definition) is 3. The lowest BCUT2D eigenvalue weighted by molar-refractivity contribution is -0.137. The number of pyridine rings is 2. The molecule has 1 fully saturated rings. The van der Waals surface area contributed by atoms with Gasteiger partial charge in [-0.25, -0.2) is 4.98 Å². The zero-order chi connectivity index (χ0) is 29.3. The molecule has 1 aliphatic rings. The molecule has 0 saturated carbocycles. The van der Waals surface area contributed by atoms with Crippen molar-refractivity contribution in [2.45, 2.75) is 19.5 Å². The van der Waals surface area contributed by atoms with Crippen molar-refractivity contribution in [1.82, 2.24) is 14.9 Å². The molecular weight excluding hydrogens is 535 g/mol. The zero-order valence-corrected chi connectivity index (χ0v) is 22.2. The van der Waals surface area contributed by atoms with E-state index in [0.717, 1.165) is 17.2 Å². The van der Waals surface area contributed by atoms with E-state index < -0.39 is 17.6 Å². The molecule has 4 aromatic rings. The Morgan fingerprint density at radius 3 is 2.32 bits per heavy atom. The third kappa shape index (κ3) is 5.72. The molecule has 1 saturated heterocycles. The molecule has 9 nitrogen and oxygen atoms in total. The molecule has 0 bridgehead atoms. The number of hydrogen-bond acceptors (Lipinski definition) is 7. The highest BCUT2D eigenvalue weighted by Crippen LogP contribution is 2.40. The predicted molar refractivity (Wildman–Crippen MR) is 152 cm³/mol. The van der Waals surface area contributed by atoms with Crippen LogP contribution in [0.4, 0.5) is 36.1 Å². The number of aromatic nitrogens is 2. The van der Waals surface area contributed by atoms with E-state index in [4.69, 9.17) is 11.5 Å². The second-order valence-electron chi connectivity index (χ2n) is 9.69. The Bertz CT molecular complexity index is 1620. The lowest BCUT2D eigenvalue weighted by atomic mass is 10.0. The summed E-state index contributed by atoms with van der Waals surface area (Å²) >= 11 is 0. The molecule has 3 heterocycles. The first-order valence-corrected chi connectivity index (χ1v) is 13.0. The zero-order valence-electron chi connectivity index (χ0n) is 22.2. The van der Waals surface area contributed by atoms with E-state index in [1.54, 1.807) is 47.2 Å². The number of nitrogens with two attached hydrogens (primary N) is 2. The van der Waals surface area contributed by atoms with Crippen molar-refractivity contribution < 1.29 is 22.8 Å². The van der Waals surface area contributed by atoms with Crippen LogP contribution >= 0.6 is 0 Å². The number of fused-ring (bicyclic) bond motifs is 1. The van der Waals surface area contributed by atoms with Crippen LogP contribution in [0.3, 0.4) is 0 Å². The van der Waals surface area contributed by atoms with Crippen LogP contribution in [0, 0.1) is 0 Å². The van der Waals surface area contributed by atoms with E-state index in [2.05, 4.69) is 15.3 Å². The van der Waals surface area contributed by atoms with Crippen molar-refractivity contribution >= 4 is 45.6 Å². The lowest BCUT2D eigenvalue weighted by Crippen LogP contribution is -2.49. The summed E-state index contributed by atoms with van der Waals surface area (Å²) in [4.78, 5) is 36.1. The van der Waals surface area contributed by atoms with Gasteiger partial charge in [0.05, 0.1) is 22.3 Å². The van der Waals surface area contributed by atoms with Crippen LogP contribution in [0.25, 0.3) is 22.0 Å². The number of carbonyl (C=O) groups is 2. The van der Waals surface area contributed by atoms with Crippen molar-refractivity contribution in [3.63, 3.8) is 0 Å². The minimum atomic E-state index is -4.65. The average molecular weight is 564 g/mol. The number of rotatable bonds is 6. The summed E-state index contributed by atoms with van der Waals surface area (Å²) < 4.78 is 42.9. The quantitative estimate of drug-likeness (QED) is 0.307. The highest BCUT2D eigenvalue weighted by atomic mass is 19.4. The van der Waals surface area contributed by atoms with Crippen LogP contribution in [-0.2, 0) is 11.0 Å². The first-order chi connectivity index (χ1) is 19.5. The standard InChI is InChI=1S/C29H28F3N7O2/c1-2-26(40)39-11-9-38(10-12-39)24-7-5-19(14-22(24)29(30,31)32)37-27-20-13-17(18-4-8-25(33)36-15-18)3-6-23(20)35-16-21(27)28(34)41/h3-8,13-16H,2,9-12H2,1H3,(H2,33,36)(H2,34,41)(H,35,37). The Balaban J connectivity index is 1.54. The van der Waals surface area contributed by atoms with Crippen LogP contribution in [0.2, 0.25) is 0 Å². The van der Waals surface area contributed by atoms with Gasteiger partial charge in [0.25, 0.3) is 5.91 Å². The molecule has 5 N–H and O–H groups in total. The average Bonchev–Trinajstić information content (AvgIpc) is 2.96. The van der Waals surface area contributed by atoms with Gasteiger partial charge in [-0.2, -0.15) is 13.2 Å². The molecule has 2 aromatic heterocycles. The maximum atomic E-state index is 14.3. The van der Waals surface area contributed by atoms with Gasteiger partial charge in [0, 0.05) is 67.3 Å². The molecule has 12 heteroatoms. The molecule has 41 heavy (non-hydrogen) atoms. The van der Waals surface area contributed by atoms with Gasteiger partial charge in [-0.05, 0) is 48.0 Å². The summed E-state index contributed by atoms with van der Waals surface area (Å²) in [5.41, 5.74) is 12.9. The largest absolute Gasteiger partial charge is 0.418 e. The minimum Gasteiger partial charge on any atom is -0.384 e. The molecule has 5 rings (SSSR count). The van der Waals surface area contributed by atoms with Gasteiger partial charge in [-0.3, -0.25) is 14.6 Å². The number of halogens is 3. The molecule has 0 radical (unpaired) electrons. The van der Waals surface area contributed by atoms with E-state index in [0.29, 0.717) is 36.2 Å². The van der Waals surface area contributed by atoms with Crippen molar-refractivity contribution in [3.05, 3.63) is 72.1 Å². The van der Waals surface area contributed by atoms with Crippen LogP contribution in [0.5, 0.6) is 0 Å². The fraction of sp³-hybridized carbons (Fsp3) is 0.241. The molecule has 0 spiro atoms. The van der Waals surface area contributed by atoms with Crippen LogP contribution in [0.1, 0.15) is 29.3 Å². The van der Waals surface area contributed by atoms with Crippen molar-refractivity contribution in [2.24, 2.45) is 5.73 Å². The van der Waals surface area contributed by atoms with E-state index in [-0.39, 0.29) is 41.6 Å². The fourth-order valence-corrected chi connectivity index (χ4v) is 4.95. The summed E-state index contributed by atoms with van der Waals surface area (Å²) in [6.45, 7) is 3.02. The number of benzene rings is 2. The normalized spacial score (nSPS) is 13.9. The molecule has 212 valence electrons. The summed E-state index contributed by atoms with van der Waals surface area (Å²) in [7, 11) is 0. The van der Waals surface area contributed by atoms with Gasteiger partial charge < -0.3 is 26.6 Å². The molecule has 0 atom stereocenters. The van der Waals surface area contributed by atoms with E-state index in [9.17, 15) is 22.8 Å². The van der Waals surface area contributed by atoms with Gasteiger partial charge in [0.1, 0.15) is 5.82 Å². The number of primary amides is 1. The Labute approximate surface area is 234 Å². The smallest absolute Gasteiger partial charge is 0.384 e. The van der Waals surface area contributed by atoms with E-state index >= 15 is 0 Å². The predicted octanol–water partition coefficient (Wildman–Crippen LogP) is 4.80. The van der Waals surface area contributed by atoms with Crippen molar-refractivity contribution in [3.8, 4) is 11.1 Å². The van der Waals surface area contributed by atoms with Crippen molar-refractivity contribution in [2.75, 3.05) is 42.1 Å². The van der Waals surface area contributed by atoms with Gasteiger partial charge in [0.2, 0.25) is 5.91 Å². The van der Waals surface area contributed by atoms with Crippen LogP contribution < -0.4 is 21.7 Å². The third-order valence-corrected chi connectivity index (χ3v) is 7.10.